The normalized spacial score (nSPS) is 20.0. The Morgan fingerprint density at radius 2 is 1.75 bits per heavy atom. The summed E-state index contributed by atoms with van der Waals surface area (Å²) in [6.45, 7) is -1.26. The second-order valence-corrected chi connectivity index (χ2v) is 4.22. The maximum Gasteiger partial charge on any atom is 0.206 e. The molecule has 20 heavy (non-hydrogen) atoms. The molecule has 0 spiro atoms. The van der Waals surface area contributed by atoms with Crippen molar-refractivity contribution in [2.24, 2.45) is 5.92 Å². The van der Waals surface area contributed by atoms with Gasteiger partial charge in [0.05, 0.1) is 5.92 Å². The molecule has 0 saturated carbocycles. The van der Waals surface area contributed by atoms with Crippen LogP contribution in [0.4, 0.5) is 0 Å². The number of benzene rings is 1. The predicted molar refractivity (Wildman–Crippen MR) is 71.6 cm³/mol. The first kappa shape index (κ1) is 14.6. The minimum absolute atomic E-state index is 0.215. The fourth-order valence-corrected chi connectivity index (χ4v) is 2.17. The molecule has 1 aromatic carbocycles. The smallest absolute Gasteiger partial charge is 0.206 e. The summed E-state index contributed by atoms with van der Waals surface area (Å²) in [7, 11) is 0. The number of hydrogen-bond acceptors (Lipinski definition) is 5. The molecule has 0 radical (unpaired) electrons. The van der Waals surface area contributed by atoms with Crippen molar-refractivity contribution in [3.8, 4) is 0 Å². The van der Waals surface area contributed by atoms with Gasteiger partial charge < -0.3 is 19.7 Å². The number of hydrogen-bond donors (Lipinski definition) is 2. The first-order chi connectivity index (χ1) is 9.73. The van der Waals surface area contributed by atoms with Crippen LogP contribution >= 0.6 is 0 Å². The first-order valence-corrected chi connectivity index (χ1v) is 6.18. The van der Waals surface area contributed by atoms with E-state index < -0.39 is 25.3 Å². The van der Waals surface area contributed by atoms with E-state index in [0.717, 1.165) is 0 Å². The third-order valence-electron chi connectivity index (χ3n) is 3.10. The van der Waals surface area contributed by atoms with Gasteiger partial charge in [-0.1, -0.05) is 48.6 Å². The molecular formula is C15H16O5. The molecule has 0 amide bonds. The Labute approximate surface area is 116 Å². The van der Waals surface area contributed by atoms with Crippen LogP contribution in [0.2, 0.25) is 0 Å². The average molecular weight is 276 g/mol. The van der Waals surface area contributed by atoms with Crippen LogP contribution in [-0.4, -0.2) is 35.4 Å². The number of rotatable bonds is 6. The quantitative estimate of drug-likeness (QED) is 0.604. The Morgan fingerprint density at radius 3 is 2.35 bits per heavy atom. The Hall–Kier alpha value is -1.79. The van der Waals surface area contributed by atoms with Gasteiger partial charge in [-0.05, 0) is 6.08 Å². The molecular weight excluding hydrogens is 260 g/mol. The van der Waals surface area contributed by atoms with Crippen molar-refractivity contribution in [1.29, 1.82) is 0 Å². The Balaban J connectivity index is 2.33. The van der Waals surface area contributed by atoms with Gasteiger partial charge in [-0.3, -0.25) is 4.79 Å². The van der Waals surface area contributed by atoms with Gasteiger partial charge in [0.2, 0.25) is 5.79 Å². The summed E-state index contributed by atoms with van der Waals surface area (Å²) in [5.41, 5.74) is 0.505. The van der Waals surface area contributed by atoms with Crippen LogP contribution in [0.15, 0.2) is 54.6 Å². The fourth-order valence-electron chi connectivity index (χ4n) is 2.17. The van der Waals surface area contributed by atoms with Crippen molar-refractivity contribution < 1.29 is 24.5 Å². The van der Waals surface area contributed by atoms with Crippen LogP contribution in [0.5, 0.6) is 0 Å². The molecule has 2 rings (SSSR count). The van der Waals surface area contributed by atoms with Gasteiger partial charge in [-0.2, -0.15) is 0 Å². The molecule has 1 aliphatic rings. The van der Waals surface area contributed by atoms with Gasteiger partial charge in [-0.15, -0.1) is 0 Å². The lowest BCUT2D eigenvalue weighted by Gasteiger charge is -2.35. The van der Waals surface area contributed by atoms with Crippen LogP contribution in [0.25, 0.3) is 0 Å². The molecule has 5 nitrogen and oxygen atoms in total. The standard InChI is InChI=1S/C15H16O5/c16-10-19-15(20-11-17)9-5-4-8-13(15)14(18)12-6-2-1-3-7-12/h1-9,13,16-17H,10-11H2. The summed E-state index contributed by atoms with van der Waals surface area (Å²) in [6, 6.07) is 8.72. The van der Waals surface area contributed by atoms with Crippen LogP contribution in [0.1, 0.15) is 10.4 Å². The number of Topliss-reactive ketones (excluding diaryl/α,β-unsaturated/α-hetero) is 1. The van der Waals surface area contributed by atoms with Crippen molar-refractivity contribution >= 4 is 5.78 Å². The second kappa shape index (κ2) is 6.58. The van der Waals surface area contributed by atoms with E-state index in [1.54, 1.807) is 42.5 Å². The van der Waals surface area contributed by atoms with Gasteiger partial charge >= 0.3 is 0 Å². The summed E-state index contributed by atoms with van der Waals surface area (Å²) in [5, 5.41) is 18.1. The molecule has 1 aromatic rings. The number of aliphatic hydroxyl groups excluding tert-OH is 2. The van der Waals surface area contributed by atoms with E-state index >= 15 is 0 Å². The molecule has 0 bridgehead atoms. The Kier molecular flexibility index (Phi) is 4.81. The van der Waals surface area contributed by atoms with Crippen molar-refractivity contribution in [3.63, 3.8) is 0 Å². The second-order valence-electron chi connectivity index (χ2n) is 4.22. The van der Waals surface area contributed by atoms with Gasteiger partial charge in [-0.25, -0.2) is 0 Å². The third-order valence-corrected chi connectivity index (χ3v) is 3.10. The Morgan fingerprint density at radius 1 is 1.10 bits per heavy atom. The Bertz CT molecular complexity index is 500. The van der Waals surface area contributed by atoms with Crippen molar-refractivity contribution in [2.75, 3.05) is 13.6 Å². The highest BCUT2D eigenvalue weighted by Crippen LogP contribution is 2.32. The van der Waals surface area contributed by atoms with Crippen LogP contribution in [-0.2, 0) is 9.47 Å². The molecule has 106 valence electrons. The molecule has 1 atom stereocenters. The maximum atomic E-state index is 12.6. The molecule has 1 unspecified atom stereocenters. The van der Waals surface area contributed by atoms with Crippen LogP contribution < -0.4 is 0 Å². The van der Waals surface area contributed by atoms with E-state index in [4.69, 9.17) is 19.7 Å². The van der Waals surface area contributed by atoms with E-state index in [0.29, 0.717) is 5.56 Å². The zero-order valence-corrected chi connectivity index (χ0v) is 10.8. The molecule has 0 saturated heterocycles. The largest absolute Gasteiger partial charge is 0.370 e. The van der Waals surface area contributed by atoms with Crippen molar-refractivity contribution in [1.82, 2.24) is 0 Å². The summed E-state index contributed by atoms with van der Waals surface area (Å²) in [4.78, 5) is 12.6. The van der Waals surface area contributed by atoms with E-state index in [-0.39, 0.29) is 5.78 Å². The van der Waals surface area contributed by atoms with E-state index in [1.165, 1.54) is 6.08 Å². The molecule has 0 aromatic heterocycles. The zero-order valence-electron chi connectivity index (χ0n) is 10.8. The molecule has 0 fully saturated rings. The number of carbonyl (C=O) groups excluding carboxylic acids is 1. The number of carbonyl (C=O) groups is 1. The summed E-state index contributed by atoms with van der Waals surface area (Å²) in [5.74, 6) is -2.49. The minimum Gasteiger partial charge on any atom is -0.370 e. The molecule has 0 heterocycles. The van der Waals surface area contributed by atoms with E-state index in [9.17, 15) is 4.79 Å². The van der Waals surface area contributed by atoms with Crippen molar-refractivity contribution in [3.05, 3.63) is 60.2 Å². The maximum absolute atomic E-state index is 12.6. The van der Waals surface area contributed by atoms with E-state index in [2.05, 4.69) is 0 Å². The zero-order chi connectivity index (χ0) is 14.4. The lowest BCUT2D eigenvalue weighted by molar-refractivity contribution is -0.270. The highest BCUT2D eigenvalue weighted by molar-refractivity contribution is 6.00. The highest BCUT2D eigenvalue weighted by Gasteiger charge is 2.43. The monoisotopic (exact) mass is 276 g/mol. The van der Waals surface area contributed by atoms with Crippen molar-refractivity contribution in [2.45, 2.75) is 5.79 Å². The number of aliphatic hydroxyl groups is 2. The van der Waals surface area contributed by atoms with Gasteiger partial charge in [0, 0.05) is 5.56 Å². The van der Waals surface area contributed by atoms with Crippen LogP contribution in [0, 0.1) is 5.92 Å². The number of allylic oxidation sites excluding steroid dienone is 2. The topological polar surface area (TPSA) is 76.0 Å². The third kappa shape index (κ3) is 2.86. The average Bonchev–Trinajstić information content (AvgIpc) is 2.48. The summed E-state index contributed by atoms with van der Waals surface area (Å²) >= 11 is 0. The lowest BCUT2D eigenvalue weighted by Crippen LogP contribution is -2.46. The lowest BCUT2D eigenvalue weighted by atomic mass is 9.86. The highest BCUT2D eigenvalue weighted by atomic mass is 16.8. The van der Waals surface area contributed by atoms with Crippen LogP contribution in [0.3, 0.4) is 0 Å². The number of ether oxygens (including phenoxy) is 2. The minimum atomic E-state index is -1.49. The predicted octanol–water partition coefficient (Wildman–Crippen LogP) is 1.24. The molecule has 1 aliphatic carbocycles. The van der Waals surface area contributed by atoms with Gasteiger partial charge in [0.15, 0.2) is 5.78 Å². The van der Waals surface area contributed by atoms with Gasteiger partial charge in [0.25, 0.3) is 0 Å². The molecule has 2 N–H and O–H groups in total. The van der Waals surface area contributed by atoms with Gasteiger partial charge in [0.1, 0.15) is 13.6 Å². The molecule has 5 heteroatoms. The molecule has 0 aliphatic heterocycles. The first-order valence-electron chi connectivity index (χ1n) is 6.18. The summed E-state index contributed by atoms with van der Waals surface area (Å²) < 4.78 is 10.4. The van der Waals surface area contributed by atoms with E-state index in [1.807, 2.05) is 6.07 Å². The summed E-state index contributed by atoms with van der Waals surface area (Å²) in [6.07, 6.45) is 6.47. The fraction of sp³-hybridized carbons (Fsp3) is 0.267. The number of ketones is 1. The SMILES string of the molecule is O=C(c1ccccc1)C1C=CC=CC1(OCO)OCO.